The number of nitrogens with zero attached hydrogens (tertiary/aromatic N) is 2. The van der Waals surface area contributed by atoms with Crippen LogP contribution in [0.2, 0.25) is 0 Å². The molecule has 0 amide bonds. The van der Waals surface area contributed by atoms with Gasteiger partial charge in [-0.3, -0.25) is 0 Å². The highest BCUT2D eigenvalue weighted by molar-refractivity contribution is 5.81. The van der Waals surface area contributed by atoms with Crippen LogP contribution in [0.1, 0.15) is 0 Å². The van der Waals surface area contributed by atoms with Gasteiger partial charge in [0.2, 0.25) is 0 Å². The lowest BCUT2D eigenvalue weighted by molar-refractivity contribution is 1.19. The van der Waals surface area contributed by atoms with Crippen molar-refractivity contribution in [1.82, 2.24) is 9.97 Å². The molecule has 0 aliphatic rings. The fourth-order valence-corrected chi connectivity index (χ4v) is 2.02. The number of hydrogen-bond acceptors (Lipinski definition) is 4. The van der Waals surface area contributed by atoms with Gasteiger partial charge in [-0.25, -0.2) is 9.97 Å². The van der Waals surface area contributed by atoms with Gasteiger partial charge in [-0.15, -0.1) is 0 Å². The van der Waals surface area contributed by atoms with Crippen LogP contribution in [0.15, 0.2) is 60.7 Å². The van der Waals surface area contributed by atoms with Crippen molar-refractivity contribution in [3.05, 3.63) is 60.7 Å². The summed E-state index contributed by atoms with van der Waals surface area (Å²) in [6.45, 7) is 0. The Morgan fingerprint density at radius 2 is 1.20 bits per heavy atom. The Hall–Kier alpha value is -2.88. The molecule has 1 aromatic heterocycles. The topological polar surface area (TPSA) is 77.8 Å². The van der Waals surface area contributed by atoms with Gasteiger partial charge in [-0.2, -0.15) is 0 Å². The molecule has 4 nitrogen and oxygen atoms in total. The smallest absolute Gasteiger partial charge is 0.162 e. The minimum atomic E-state index is 0.303. The second kappa shape index (κ2) is 5.01. The van der Waals surface area contributed by atoms with E-state index in [1.807, 2.05) is 60.7 Å². The highest BCUT2D eigenvalue weighted by Crippen LogP contribution is 2.29. The molecule has 20 heavy (non-hydrogen) atoms. The van der Waals surface area contributed by atoms with Crippen molar-refractivity contribution in [1.29, 1.82) is 0 Å². The summed E-state index contributed by atoms with van der Waals surface area (Å²) in [7, 11) is 0. The van der Waals surface area contributed by atoms with Crippen LogP contribution < -0.4 is 11.5 Å². The van der Waals surface area contributed by atoms with E-state index in [-0.39, 0.29) is 0 Å². The molecule has 98 valence electrons. The second-order valence-electron chi connectivity index (χ2n) is 4.43. The van der Waals surface area contributed by atoms with Gasteiger partial charge in [-0.1, -0.05) is 60.7 Å². The quantitative estimate of drug-likeness (QED) is 0.744. The minimum absolute atomic E-state index is 0.303. The molecule has 4 heteroatoms. The first-order chi connectivity index (χ1) is 9.75. The first kappa shape index (κ1) is 12.2. The Bertz CT molecular complexity index is 724. The van der Waals surface area contributed by atoms with E-state index in [9.17, 15) is 0 Å². The lowest BCUT2D eigenvalue weighted by Crippen LogP contribution is -2.04. The Morgan fingerprint density at radius 3 is 1.80 bits per heavy atom. The summed E-state index contributed by atoms with van der Waals surface area (Å²) in [6, 6.07) is 19.4. The number of hydrogen-bond donors (Lipinski definition) is 2. The first-order valence-corrected chi connectivity index (χ1v) is 6.29. The zero-order chi connectivity index (χ0) is 13.9. The average molecular weight is 262 g/mol. The zero-order valence-corrected chi connectivity index (χ0v) is 10.8. The summed E-state index contributed by atoms with van der Waals surface area (Å²) in [4.78, 5) is 8.83. The average Bonchev–Trinajstić information content (AvgIpc) is 2.51. The van der Waals surface area contributed by atoms with Gasteiger partial charge in [-0.05, 0) is 0 Å². The highest BCUT2D eigenvalue weighted by Gasteiger charge is 2.12. The van der Waals surface area contributed by atoms with Crippen LogP contribution in [0.25, 0.3) is 22.6 Å². The van der Waals surface area contributed by atoms with Crippen LogP contribution in [0, 0.1) is 0 Å². The number of rotatable bonds is 2. The van der Waals surface area contributed by atoms with Crippen molar-refractivity contribution in [3.8, 4) is 22.6 Å². The van der Waals surface area contributed by atoms with Gasteiger partial charge in [0.1, 0.15) is 5.69 Å². The fraction of sp³-hybridized carbons (Fsp3) is 0. The number of aromatic nitrogens is 2. The second-order valence-corrected chi connectivity index (χ2v) is 4.43. The highest BCUT2D eigenvalue weighted by atomic mass is 15.0. The van der Waals surface area contributed by atoms with E-state index in [4.69, 9.17) is 11.5 Å². The summed E-state index contributed by atoms with van der Waals surface area (Å²) < 4.78 is 0. The van der Waals surface area contributed by atoms with Crippen LogP contribution in [0.3, 0.4) is 0 Å². The molecule has 0 bridgehead atoms. The molecule has 3 rings (SSSR count). The molecule has 0 saturated carbocycles. The standard InChI is InChI=1S/C16H14N4/c17-13-14(11-7-3-1-4-8-11)19-16(20-15(13)18)12-9-5-2-6-10-12/h1-10H,17H2,(H2,18,19,20). The van der Waals surface area contributed by atoms with Crippen molar-refractivity contribution in [2.24, 2.45) is 0 Å². The van der Waals surface area contributed by atoms with Crippen molar-refractivity contribution in [2.45, 2.75) is 0 Å². The zero-order valence-electron chi connectivity index (χ0n) is 10.8. The molecule has 0 atom stereocenters. The van der Waals surface area contributed by atoms with Gasteiger partial charge in [0, 0.05) is 11.1 Å². The molecule has 0 aliphatic heterocycles. The maximum atomic E-state index is 6.01. The molecule has 0 saturated heterocycles. The van der Waals surface area contributed by atoms with Gasteiger partial charge < -0.3 is 11.5 Å². The molecular formula is C16H14N4. The van der Waals surface area contributed by atoms with Gasteiger partial charge in [0.25, 0.3) is 0 Å². The lowest BCUT2D eigenvalue weighted by Gasteiger charge is -2.10. The molecule has 0 radical (unpaired) electrons. The number of anilines is 2. The largest absolute Gasteiger partial charge is 0.394 e. The fourth-order valence-electron chi connectivity index (χ4n) is 2.02. The van der Waals surface area contributed by atoms with E-state index >= 15 is 0 Å². The Balaban J connectivity index is 2.19. The first-order valence-electron chi connectivity index (χ1n) is 6.29. The Kier molecular flexibility index (Phi) is 3.05. The van der Waals surface area contributed by atoms with Crippen molar-refractivity contribution >= 4 is 11.5 Å². The summed E-state index contributed by atoms with van der Waals surface area (Å²) >= 11 is 0. The van der Waals surface area contributed by atoms with E-state index in [0.717, 1.165) is 11.1 Å². The third kappa shape index (κ3) is 2.19. The minimum Gasteiger partial charge on any atom is -0.394 e. The summed E-state index contributed by atoms with van der Waals surface area (Å²) in [5.74, 6) is 0.883. The monoisotopic (exact) mass is 262 g/mol. The van der Waals surface area contributed by atoms with E-state index in [0.29, 0.717) is 23.0 Å². The van der Waals surface area contributed by atoms with E-state index in [1.165, 1.54) is 0 Å². The summed E-state index contributed by atoms with van der Waals surface area (Å²) in [6.07, 6.45) is 0. The van der Waals surface area contributed by atoms with Crippen molar-refractivity contribution in [3.63, 3.8) is 0 Å². The van der Waals surface area contributed by atoms with E-state index in [1.54, 1.807) is 0 Å². The lowest BCUT2D eigenvalue weighted by atomic mass is 10.1. The van der Waals surface area contributed by atoms with E-state index < -0.39 is 0 Å². The van der Waals surface area contributed by atoms with Crippen molar-refractivity contribution < 1.29 is 0 Å². The number of nitrogens with two attached hydrogens (primary N) is 2. The molecule has 2 aromatic carbocycles. The van der Waals surface area contributed by atoms with Crippen molar-refractivity contribution in [2.75, 3.05) is 11.5 Å². The van der Waals surface area contributed by atoms with Gasteiger partial charge in [0.15, 0.2) is 11.6 Å². The number of nitrogen functional groups attached to an aromatic ring is 2. The third-order valence-electron chi connectivity index (χ3n) is 3.05. The predicted octanol–water partition coefficient (Wildman–Crippen LogP) is 2.98. The SMILES string of the molecule is Nc1nc(-c2ccccc2)nc(-c2ccccc2)c1N. The molecule has 0 spiro atoms. The molecule has 0 fully saturated rings. The molecule has 3 aromatic rings. The molecule has 1 heterocycles. The van der Waals surface area contributed by atoms with Crippen LogP contribution in [-0.4, -0.2) is 9.97 Å². The summed E-state index contributed by atoms with van der Waals surface area (Å²) in [5.41, 5.74) is 14.8. The molecular weight excluding hydrogens is 248 g/mol. The number of benzene rings is 2. The summed E-state index contributed by atoms with van der Waals surface area (Å²) in [5, 5.41) is 0. The predicted molar refractivity (Wildman–Crippen MR) is 81.7 cm³/mol. The molecule has 0 unspecified atom stereocenters. The third-order valence-corrected chi connectivity index (χ3v) is 3.05. The van der Waals surface area contributed by atoms with E-state index in [2.05, 4.69) is 9.97 Å². The van der Waals surface area contributed by atoms with Crippen LogP contribution in [-0.2, 0) is 0 Å². The van der Waals surface area contributed by atoms with Gasteiger partial charge in [0.05, 0.1) is 5.69 Å². The normalized spacial score (nSPS) is 10.4. The van der Waals surface area contributed by atoms with Gasteiger partial charge >= 0.3 is 0 Å². The Labute approximate surface area is 117 Å². The van der Waals surface area contributed by atoms with Crippen LogP contribution in [0.4, 0.5) is 11.5 Å². The molecule has 4 N–H and O–H groups in total. The van der Waals surface area contributed by atoms with Crippen LogP contribution >= 0.6 is 0 Å². The van der Waals surface area contributed by atoms with Crippen LogP contribution in [0.5, 0.6) is 0 Å². The maximum Gasteiger partial charge on any atom is 0.162 e. The maximum absolute atomic E-state index is 6.01. The Morgan fingerprint density at radius 1 is 0.650 bits per heavy atom. The molecule has 0 aliphatic carbocycles.